The third-order valence-electron chi connectivity index (χ3n) is 4.81. The molecule has 1 aliphatic rings. The quantitative estimate of drug-likeness (QED) is 0.429. The SMILES string of the molecule is CN=C1N(c2ccc(CCC(=O)OC)cc2)CCN1c1ccc(C(=N)N)cc1.Cl. The fraction of sp³-hybridized carbons (Fsp3) is 0.286. The molecular formula is C21H26ClN5O2. The average molecular weight is 416 g/mol. The molecule has 0 amide bonds. The summed E-state index contributed by atoms with van der Waals surface area (Å²) in [7, 11) is 3.19. The van der Waals surface area contributed by atoms with Gasteiger partial charge in [0.15, 0.2) is 0 Å². The van der Waals surface area contributed by atoms with Crippen molar-refractivity contribution in [3.05, 3.63) is 59.7 Å². The Balaban J connectivity index is 0.00000300. The molecule has 7 nitrogen and oxygen atoms in total. The first-order valence-electron chi connectivity index (χ1n) is 9.15. The number of anilines is 2. The van der Waals surface area contributed by atoms with E-state index in [1.54, 1.807) is 7.05 Å². The lowest BCUT2D eigenvalue weighted by atomic mass is 10.1. The third kappa shape index (κ3) is 5.06. The van der Waals surface area contributed by atoms with Gasteiger partial charge in [-0.1, -0.05) is 12.1 Å². The van der Waals surface area contributed by atoms with Crippen LogP contribution in [0.25, 0.3) is 0 Å². The van der Waals surface area contributed by atoms with E-state index in [1.807, 2.05) is 36.4 Å². The molecule has 3 N–H and O–H groups in total. The Kier molecular flexibility index (Phi) is 7.61. The van der Waals surface area contributed by atoms with E-state index in [0.717, 1.165) is 36.0 Å². The van der Waals surface area contributed by atoms with Crippen molar-refractivity contribution >= 4 is 41.5 Å². The summed E-state index contributed by atoms with van der Waals surface area (Å²) in [5, 5.41) is 7.52. The highest BCUT2D eigenvalue weighted by molar-refractivity contribution is 6.09. The Morgan fingerprint density at radius 2 is 1.59 bits per heavy atom. The second kappa shape index (κ2) is 9.93. The smallest absolute Gasteiger partial charge is 0.305 e. The van der Waals surface area contributed by atoms with Crippen LogP contribution in [0.4, 0.5) is 11.4 Å². The van der Waals surface area contributed by atoms with Crippen molar-refractivity contribution in [3.8, 4) is 0 Å². The summed E-state index contributed by atoms with van der Waals surface area (Å²) in [6, 6.07) is 15.8. The molecule has 1 aliphatic heterocycles. The Morgan fingerprint density at radius 3 is 2.03 bits per heavy atom. The van der Waals surface area contributed by atoms with E-state index in [-0.39, 0.29) is 24.2 Å². The van der Waals surface area contributed by atoms with Crippen LogP contribution in [0.15, 0.2) is 53.5 Å². The Morgan fingerprint density at radius 1 is 1.07 bits per heavy atom. The normalized spacial score (nSPS) is 14.6. The number of carbonyl (C=O) groups is 1. The highest BCUT2D eigenvalue weighted by atomic mass is 35.5. The standard InChI is InChI=1S/C21H25N5O2.ClH/c1-24-21-25(17-8-3-15(4-9-17)5-12-19(27)28-2)13-14-26(21)18-10-6-16(7-11-18)20(22)23;/h3-4,6-11H,5,12-14H2,1-2H3,(H3,22,23);1H. The molecule has 2 aromatic rings. The molecule has 1 heterocycles. The molecule has 0 spiro atoms. The van der Waals surface area contributed by atoms with Gasteiger partial charge in [-0.2, -0.15) is 0 Å². The minimum atomic E-state index is -0.199. The van der Waals surface area contributed by atoms with Crippen LogP contribution in [0.1, 0.15) is 17.5 Å². The van der Waals surface area contributed by atoms with Gasteiger partial charge >= 0.3 is 5.97 Å². The number of amidine groups is 1. The van der Waals surface area contributed by atoms with Crippen LogP contribution in [0, 0.1) is 5.41 Å². The number of nitrogens with one attached hydrogen (secondary N) is 1. The number of halogens is 1. The zero-order valence-corrected chi connectivity index (χ0v) is 17.4. The Labute approximate surface area is 177 Å². The van der Waals surface area contributed by atoms with Crippen LogP contribution in [0.2, 0.25) is 0 Å². The third-order valence-corrected chi connectivity index (χ3v) is 4.81. The molecule has 0 saturated carbocycles. The van der Waals surface area contributed by atoms with E-state index >= 15 is 0 Å². The molecule has 2 aromatic carbocycles. The molecule has 0 aromatic heterocycles. The van der Waals surface area contributed by atoms with Crippen molar-refractivity contribution in [2.45, 2.75) is 12.8 Å². The Hall–Kier alpha value is -3.06. The maximum atomic E-state index is 11.3. The number of guanidine groups is 1. The van der Waals surface area contributed by atoms with Crippen molar-refractivity contribution in [1.29, 1.82) is 5.41 Å². The van der Waals surface area contributed by atoms with Crippen LogP contribution in [0.5, 0.6) is 0 Å². The monoisotopic (exact) mass is 415 g/mol. The number of nitrogens with two attached hydrogens (primary N) is 1. The summed E-state index contributed by atoms with van der Waals surface area (Å²) in [4.78, 5) is 20.1. The number of aliphatic imine (C=N–C) groups is 1. The number of carbonyl (C=O) groups excluding carboxylic acids is 1. The number of hydrogen-bond acceptors (Lipinski definition) is 4. The highest BCUT2D eigenvalue weighted by Crippen LogP contribution is 2.26. The van der Waals surface area contributed by atoms with Crippen LogP contribution in [-0.4, -0.2) is 45.0 Å². The van der Waals surface area contributed by atoms with Crippen LogP contribution in [0.3, 0.4) is 0 Å². The van der Waals surface area contributed by atoms with Gasteiger partial charge in [-0.15, -0.1) is 12.4 Å². The van der Waals surface area contributed by atoms with E-state index < -0.39 is 0 Å². The van der Waals surface area contributed by atoms with Crippen LogP contribution in [-0.2, 0) is 16.0 Å². The van der Waals surface area contributed by atoms with Crippen LogP contribution < -0.4 is 15.5 Å². The molecule has 29 heavy (non-hydrogen) atoms. The van der Waals surface area contributed by atoms with Crippen molar-refractivity contribution < 1.29 is 9.53 Å². The summed E-state index contributed by atoms with van der Waals surface area (Å²) in [6.45, 7) is 1.64. The predicted octanol–water partition coefficient (Wildman–Crippen LogP) is 2.81. The number of nitrogens with zero attached hydrogens (tertiary/aromatic N) is 3. The molecule has 0 radical (unpaired) electrons. The fourth-order valence-electron chi connectivity index (χ4n) is 3.29. The Bertz CT molecular complexity index is 881. The van der Waals surface area contributed by atoms with E-state index in [1.165, 1.54) is 7.11 Å². The average Bonchev–Trinajstić information content (AvgIpc) is 3.16. The molecule has 1 fully saturated rings. The second-order valence-corrected chi connectivity index (χ2v) is 6.53. The van der Waals surface area contributed by atoms with Crippen LogP contribution >= 0.6 is 12.4 Å². The number of esters is 1. The molecule has 3 rings (SSSR count). The van der Waals surface area contributed by atoms with Gasteiger partial charge in [-0.3, -0.25) is 15.2 Å². The van der Waals surface area contributed by atoms with Gasteiger partial charge in [0, 0.05) is 43.5 Å². The summed E-state index contributed by atoms with van der Waals surface area (Å²) in [5.41, 5.74) is 9.42. The lowest BCUT2D eigenvalue weighted by Crippen LogP contribution is -2.33. The number of ether oxygens (including phenoxy) is 1. The fourth-order valence-corrected chi connectivity index (χ4v) is 3.29. The van der Waals surface area contributed by atoms with Gasteiger partial charge in [0.05, 0.1) is 7.11 Å². The van der Waals surface area contributed by atoms with Gasteiger partial charge in [0.1, 0.15) is 5.84 Å². The largest absolute Gasteiger partial charge is 0.469 e. The summed E-state index contributed by atoms with van der Waals surface area (Å²) < 4.78 is 4.69. The van der Waals surface area contributed by atoms with E-state index in [9.17, 15) is 4.79 Å². The molecule has 0 unspecified atom stereocenters. The van der Waals surface area contributed by atoms with Gasteiger partial charge in [0.2, 0.25) is 5.96 Å². The second-order valence-electron chi connectivity index (χ2n) is 6.53. The lowest BCUT2D eigenvalue weighted by molar-refractivity contribution is -0.140. The molecule has 154 valence electrons. The number of rotatable bonds is 6. The zero-order valence-electron chi connectivity index (χ0n) is 16.6. The van der Waals surface area contributed by atoms with Crippen molar-refractivity contribution in [2.24, 2.45) is 10.7 Å². The lowest BCUT2D eigenvalue weighted by Gasteiger charge is -2.23. The topological polar surface area (TPSA) is 95.0 Å². The van der Waals surface area contributed by atoms with E-state index in [0.29, 0.717) is 18.4 Å². The van der Waals surface area contributed by atoms with E-state index in [4.69, 9.17) is 15.9 Å². The zero-order chi connectivity index (χ0) is 20.1. The molecule has 0 aliphatic carbocycles. The first-order valence-corrected chi connectivity index (χ1v) is 9.15. The first-order chi connectivity index (χ1) is 13.5. The van der Waals surface area contributed by atoms with Crippen molar-refractivity contribution in [2.75, 3.05) is 37.0 Å². The molecular weight excluding hydrogens is 390 g/mol. The number of nitrogen functional groups attached to an aromatic ring is 1. The molecule has 0 bridgehead atoms. The maximum absolute atomic E-state index is 11.3. The summed E-state index contributed by atoms with van der Waals surface area (Å²) in [5.74, 6) is 0.736. The summed E-state index contributed by atoms with van der Waals surface area (Å²) in [6.07, 6.45) is 1.04. The van der Waals surface area contributed by atoms with Gasteiger partial charge in [0.25, 0.3) is 0 Å². The maximum Gasteiger partial charge on any atom is 0.305 e. The van der Waals surface area contributed by atoms with Crippen molar-refractivity contribution in [1.82, 2.24) is 0 Å². The predicted molar refractivity (Wildman–Crippen MR) is 120 cm³/mol. The highest BCUT2D eigenvalue weighted by Gasteiger charge is 2.28. The number of hydrogen-bond donors (Lipinski definition) is 2. The number of benzene rings is 2. The van der Waals surface area contributed by atoms with Gasteiger partial charge in [-0.05, 0) is 48.4 Å². The first kappa shape index (κ1) is 22.2. The minimum absolute atomic E-state index is 0. The van der Waals surface area contributed by atoms with Gasteiger partial charge in [-0.25, -0.2) is 0 Å². The minimum Gasteiger partial charge on any atom is -0.469 e. The van der Waals surface area contributed by atoms with E-state index in [2.05, 4.69) is 26.9 Å². The van der Waals surface area contributed by atoms with Gasteiger partial charge < -0.3 is 20.3 Å². The number of aryl methyl sites for hydroxylation is 1. The van der Waals surface area contributed by atoms with Crippen molar-refractivity contribution in [3.63, 3.8) is 0 Å². The molecule has 1 saturated heterocycles. The molecule has 0 atom stereocenters. The summed E-state index contributed by atoms with van der Waals surface area (Å²) >= 11 is 0. The molecule has 8 heteroatoms. The number of methoxy groups -OCH3 is 1.